The number of anilines is 2. The Hall–Kier alpha value is -2.00. The second-order valence-electron chi connectivity index (χ2n) is 7.42. The molecule has 1 N–H and O–H groups in total. The van der Waals surface area contributed by atoms with Gasteiger partial charge in [0.15, 0.2) is 0 Å². The fourth-order valence-corrected chi connectivity index (χ4v) is 4.41. The summed E-state index contributed by atoms with van der Waals surface area (Å²) in [5, 5.41) is 4.08. The topological polar surface area (TPSA) is 32.3 Å². The van der Waals surface area contributed by atoms with Gasteiger partial charge in [-0.15, -0.1) is 0 Å². The summed E-state index contributed by atoms with van der Waals surface area (Å²) < 4.78 is 0. The molecule has 27 heavy (non-hydrogen) atoms. The first-order valence-electron chi connectivity index (χ1n) is 10.0. The van der Waals surface area contributed by atoms with Crippen molar-refractivity contribution in [3.8, 4) is 0 Å². The lowest BCUT2D eigenvalue weighted by Gasteiger charge is -2.32. The van der Waals surface area contributed by atoms with Gasteiger partial charge in [-0.25, -0.2) is 0 Å². The molecule has 2 aromatic rings. The van der Waals surface area contributed by atoms with Gasteiger partial charge in [0, 0.05) is 35.1 Å². The van der Waals surface area contributed by atoms with Crippen molar-refractivity contribution in [3.05, 3.63) is 58.6 Å². The van der Waals surface area contributed by atoms with Gasteiger partial charge in [-0.05, 0) is 80.0 Å². The van der Waals surface area contributed by atoms with E-state index in [0.717, 1.165) is 35.6 Å². The molecule has 2 atom stereocenters. The van der Waals surface area contributed by atoms with Gasteiger partial charge in [-0.3, -0.25) is 4.79 Å². The van der Waals surface area contributed by atoms with Crippen molar-refractivity contribution >= 4 is 28.9 Å². The number of fused-ring (bicyclic) bond motifs is 2. The Morgan fingerprint density at radius 1 is 1.07 bits per heavy atom. The number of nitrogens with zero attached hydrogens (tertiary/aromatic N) is 1. The molecule has 2 aliphatic rings. The fraction of sp³-hybridized carbons (Fsp3) is 0.435. The van der Waals surface area contributed by atoms with Gasteiger partial charge in [0.05, 0.1) is 0 Å². The van der Waals surface area contributed by atoms with Crippen LogP contribution in [-0.4, -0.2) is 23.9 Å². The molecule has 1 amide bonds. The Balaban J connectivity index is 0.00000102. The molecule has 1 saturated carbocycles. The fourth-order valence-electron chi connectivity index (χ4n) is 4.22. The maximum Gasteiger partial charge on any atom is 0.253 e. The summed E-state index contributed by atoms with van der Waals surface area (Å²) in [7, 11) is 0. The number of amides is 1. The summed E-state index contributed by atoms with van der Waals surface area (Å²) in [5.74, 6) is 1.61. The van der Waals surface area contributed by atoms with Crippen LogP contribution in [0.2, 0.25) is 5.02 Å². The molecule has 4 heteroatoms. The number of hydrogen-bond donors (Lipinski definition) is 1. The van der Waals surface area contributed by atoms with E-state index in [-0.39, 0.29) is 5.91 Å². The van der Waals surface area contributed by atoms with E-state index >= 15 is 0 Å². The summed E-state index contributed by atoms with van der Waals surface area (Å²) in [4.78, 5) is 14.9. The minimum atomic E-state index is 0.175. The Bertz CT molecular complexity index is 793. The van der Waals surface area contributed by atoms with Gasteiger partial charge in [-0.2, -0.15) is 0 Å². The van der Waals surface area contributed by atoms with Crippen LogP contribution in [0.15, 0.2) is 42.5 Å². The minimum Gasteiger partial charge on any atom is -0.355 e. The maximum atomic E-state index is 12.9. The molecule has 3 nitrogen and oxygen atoms in total. The van der Waals surface area contributed by atoms with Gasteiger partial charge in [-0.1, -0.05) is 31.5 Å². The Labute approximate surface area is 167 Å². The monoisotopic (exact) mass is 384 g/mol. The number of rotatable bonds is 3. The van der Waals surface area contributed by atoms with Gasteiger partial charge >= 0.3 is 0 Å². The first kappa shape index (κ1) is 19.8. The molecule has 1 aliphatic heterocycles. The standard InChI is InChI=1S/C21H23ClN2O.C2H6/c1-14-9-17(21(25)24-12-15-5-6-16(10-15)13-24)7-8-20(14)23-19-4-2-3-18(22)11-19;1-2/h2-4,7-9,11,15-16,23H,5-6,10,12-13H2,1H3;1-2H3. The SMILES string of the molecule is CC.Cc1cc(C(=O)N2CC3CCC(C3)C2)ccc1Nc1cccc(Cl)c1. The van der Waals surface area contributed by atoms with Gasteiger partial charge < -0.3 is 10.2 Å². The van der Waals surface area contributed by atoms with E-state index in [2.05, 4.69) is 10.2 Å². The van der Waals surface area contributed by atoms with Crippen molar-refractivity contribution in [2.24, 2.45) is 11.8 Å². The van der Waals surface area contributed by atoms with E-state index in [1.807, 2.05) is 63.2 Å². The van der Waals surface area contributed by atoms with Crippen molar-refractivity contribution in [1.29, 1.82) is 0 Å². The van der Waals surface area contributed by atoms with Crippen LogP contribution in [0.3, 0.4) is 0 Å². The zero-order valence-corrected chi connectivity index (χ0v) is 17.2. The molecule has 1 heterocycles. The number of carbonyl (C=O) groups is 1. The van der Waals surface area contributed by atoms with Crippen LogP contribution in [0.5, 0.6) is 0 Å². The molecule has 2 aromatic carbocycles. The predicted octanol–water partition coefficient (Wildman–Crippen LogP) is 6.29. The normalized spacial score (nSPS) is 20.7. The van der Waals surface area contributed by atoms with E-state index < -0.39 is 0 Å². The Morgan fingerprint density at radius 3 is 2.41 bits per heavy atom. The van der Waals surface area contributed by atoms with Gasteiger partial charge in [0.2, 0.25) is 0 Å². The number of halogens is 1. The highest BCUT2D eigenvalue weighted by Gasteiger charge is 2.35. The molecule has 144 valence electrons. The number of hydrogen-bond acceptors (Lipinski definition) is 2. The van der Waals surface area contributed by atoms with Crippen LogP contribution in [-0.2, 0) is 0 Å². The average molecular weight is 385 g/mol. The number of benzene rings is 2. The first-order valence-corrected chi connectivity index (χ1v) is 10.4. The van der Waals surface area contributed by atoms with Crippen LogP contribution in [0.1, 0.15) is 49.0 Å². The van der Waals surface area contributed by atoms with Crippen LogP contribution < -0.4 is 5.32 Å². The van der Waals surface area contributed by atoms with E-state index in [4.69, 9.17) is 11.6 Å². The molecule has 1 aliphatic carbocycles. The molecule has 0 spiro atoms. The first-order chi connectivity index (χ1) is 13.1. The molecule has 0 radical (unpaired) electrons. The second kappa shape index (κ2) is 8.79. The summed E-state index contributed by atoms with van der Waals surface area (Å²) in [5.41, 5.74) is 3.79. The van der Waals surface area contributed by atoms with Crippen molar-refractivity contribution in [1.82, 2.24) is 4.90 Å². The zero-order chi connectivity index (χ0) is 19.4. The molecule has 2 fully saturated rings. The summed E-state index contributed by atoms with van der Waals surface area (Å²) in [6, 6.07) is 13.6. The van der Waals surface area contributed by atoms with Crippen molar-refractivity contribution in [3.63, 3.8) is 0 Å². The zero-order valence-electron chi connectivity index (χ0n) is 16.5. The van der Waals surface area contributed by atoms with Crippen LogP contribution in [0, 0.1) is 18.8 Å². The highest BCUT2D eigenvalue weighted by molar-refractivity contribution is 6.30. The molecule has 1 saturated heterocycles. The predicted molar refractivity (Wildman–Crippen MR) is 114 cm³/mol. The molecule has 0 aromatic heterocycles. The van der Waals surface area contributed by atoms with Crippen LogP contribution in [0.4, 0.5) is 11.4 Å². The van der Waals surface area contributed by atoms with Gasteiger partial charge in [0.25, 0.3) is 5.91 Å². The van der Waals surface area contributed by atoms with E-state index in [9.17, 15) is 4.79 Å². The van der Waals surface area contributed by atoms with E-state index in [0.29, 0.717) is 16.9 Å². The lowest BCUT2D eigenvalue weighted by molar-refractivity contribution is 0.0662. The third kappa shape index (κ3) is 4.65. The molecule has 4 rings (SSSR count). The molecule has 2 unspecified atom stereocenters. The van der Waals surface area contributed by atoms with Crippen LogP contribution in [0.25, 0.3) is 0 Å². The number of aryl methyl sites for hydroxylation is 1. The van der Waals surface area contributed by atoms with Crippen LogP contribution >= 0.6 is 11.6 Å². The third-order valence-corrected chi connectivity index (χ3v) is 5.71. The smallest absolute Gasteiger partial charge is 0.253 e. The number of carbonyl (C=O) groups excluding carboxylic acids is 1. The van der Waals surface area contributed by atoms with Gasteiger partial charge in [0.1, 0.15) is 0 Å². The summed E-state index contributed by atoms with van der Waals surface area (Å²) >= 11 is 6.04. The quantitative estimate of drug-likeness (QED) is 0.674. The largest absolute Gasteiger partial charge is 0.355 e. The molecular formula is C23H29ClN2O. The van der Waals surface area contributed by atoms with Crippen molar-refractivity contribution < 1.29 is 4.79 Å². The minimum absolute atomic E-state index is 0.175. The lowest BCUT2D eigenvalue weighted by Crippen LogP contribution is -2.40. The highest BCUT2D eigenvalue weighted by Crippen LogP contribution is 2.37. The van der Waals surface area contributed by atoms with E-state index in [1.54, 1.807) is 0 Å². The second-order valence-corrected chi connectivity index (χ2v) is 7.86. The van der Waals surface area contributed by atoms with Crippen molar-refractivity contribution in [2.45, 2.75) is 40.0 Å². The number of likely N-dealkylation sites (tertiary alicyclic amines) is 1. The lowest BCUT2D eigenvalue weighted by atomic mass is 9.98. The number of piperidine rings is 1. The highest BCUT2D eigenvalue weighted by atomic mass is 35.5. The maximum absolute atomic E-state index is 12.9. The molecule has 2 bridgehead atoms. The van der Waals surface area contributed by atoms with Crippen molar-refractivity contribution in [2.75, 3.05) is 18.4 Å². The Morgan fingerprint density at radius 2 is 1.78 bits per heavy atom. The Kier molecular flexibility index (Phi) is 6.43. The molecular weight excluding hydrogens is 356 g/mol. The summed E-state index contributed by atoms with van der Waals surface area (Å²) in [6.07, 6.45) is 3.89. The average Bonchev–Trinajstić information content (AvgIpc) is 3.02. The van der Waals surface area contributed by atoms with E-state index in [1.165, 1.54) is 19.3 Å². The third-order valence-electron chi connectivity index (χ3n) is 5.47. The number of nitrogens with one attached hydrogen (secondary N) is 1. The summed E-state index contributed by atoms with van der Waals surface area (Å²) in [6.45, 7) is 7.89.